The summed E-state index contributed by atoms with van der Waals surface area (Å²) in [6, 6.07) is 12.7. The van der Waals surface area contributed by atoms with Gasteiger partial charge in [0.2, 0.25) is 0 Å². The van der Waals surface area contributed by atoms with Gasteiger partial charge in [-0.3, -0.25) is 14.0 Å². The summed E-state index contributed by atoms with van der Waals surface area (Å²) in [5.41, 5.74) is 1.80. The van der Waals surface area contributed by atoms with Gasteiger partial charge >= 0.3 is 5.97 Å². The van der Waals surface area contributed by atoms with Crippen molar-refractivity contribution < 1.29 is 9.53 Å². The van der Waals surface area contributed by atoms with E-state index in [1.807, 2.05) is 43.3 Å². The zero-order chi connectivity index (χ0) is 17.8. The van der Waals surface area contributed by atoms with Crippen LogP contribution < -0.4 is 5.56 Å². The Morgan fingerprint density at radius 3 is 2.76 bits per heavy atom. The van der Waals surface area contributed by atoms with Gasteiger partial charge in [0.1, 0.15) is 12.3 Å². The molecular formula is C18H15BrN2O3S. The number of ether oxygens (including phenoxy) is 1. The molecule has 0 spiro atoms. The standard InChI is InChI=1S/C18H15BrN2O3S/c1-12-6-7-21-16(8-12)20-14(9-17(21)22)10-24-18(23)11-25-15-4-2-13(19)3-5-15/h2-9H,10-11H2,1H3. The number of esters is 1. The molecule has 25 heavy (non-hydrogen) atoms. The Kier molecular flexibility index (Phi) is 5.55. The van der Waals surface area contributed by atoms with Crippen molar-refractivity contribution in [2.45, 2.75) is 18.4 Å². The lowest BCUT2D eigenvalue weighted by Gasteiger charge is -2.06. The Morgan fingerprint density at radius 2 is 2.00 bits per heavy atom. The van der Waals surface area contributed by atoms with E-state index < -0.39 is 0 Å². The van der Waals surface area contributed by atoms with Crippen LogP contribution in [0.2, 0.25) is 0 Å². The highest BCUT2D eigenvalue weighted by molar-refractivity contribution is 9.10. The van der Waals surface area contributed by atoms with E-state index in [1.165, 1.54) is 22.2 Å². The van der Waals surface area contributed by atoms with E-state index in [9.17, 15) is 9.59 Å². The summed E-state index contributed by atoms with van der Waals surface area (Å²) in [5.74, 6) is -0.146. The molecule has 0 aliphatic heterocycles. The molecule has 0 saturated heterocycles. The molecule has 0 radical (unpaired) electrons. The molecule has 2 heterocycles. The molecule has 0 atom stereocenters. The first kappa shape index (κ1) is 17.7. The van der Waals surface area contributed by atoms with Gasteiger partial charge in [-0.15, -0.1) is 11.8 Å². The van der Waals surface area contributed by atoms with Gasteiger partial charge in [0, 0.05) is 21.6 Å². The number of nitrogens with zero attached hydrogens (tertiary/aromatic N) is 2. The third-order valence-corrected chi connectivity index (χ3v) is 4.94. The number of halogens is 1. The fourth-order valence-electron chi connectivity index (χ4n) is 2.20. The van der Waals surface area contributed by atoms with Crippen LogP contribution in [0.3, 0.4) is 0 Å². The van der Waals surface area contributed by atoms with Crippen LogP contribution in [0.25, 0.3) is 5.65 Å². The smallest absolute Gasteiger partial charge is 0.316 e. The van der Waals surface area contributed by atoms with E-state index in [0.717, 1.165) is 14.9 Å². The fourth-order valence-corrected chi connectivity index (χ4v) is 3.16. The molecule has 0 bridgehead atoms. The maximum atomic E-state index is 12.1. The molecule has 3 rings (SSSR count). The van der Waals surface area contributed by atoms with E-state index in [2.05, 4.69) is 20.9 Å². The normalized spacial score (nSPS) is 10.8. The van der Waals surface area contributed by atoms with E-state index in [-0.39, 0.29) is 23.9 Å². The maximum Gasteiger partial charge on any atom is 0.316 e. The summed E-state index contributed by atoms with van der Waals surface area (Å²) >= 11 is 4.77. The second kappa shape index (κ2) is 7.84. The van der Waals surface area contributed by atoms with Crippen molar-refractivity contribution in [1.82, 2.24) is 9.38 Å². The zero-order valence-electron chi connectivity index (χ0n) is 13.4. The quantitative estimate of drug-likeness (QED) is 0.467. The van der Waals surface area contributed by atoms with Crippen LogP contribution in [0.5, 0.6) is 0 Å². The molecular weight excluding hydrogens is 404 g/mol. The van der Waals surface area contributed by atoms with Gasteiger partial charge < -0.3 is 4.74 Å². The number of carbonyl (C=O) groups is 1. The molecule has 0 saturated carbocycles. The predicted octanol–water partition coefficient (Wildman–Crippen LogP) is 3.60. The molecule has 0 amide bonds. The highest BCUT2D eigenvalue weighted by Crippen LogP contribution is 2.20. The van der Waals surface area contributed by atoms with Crippen LogP contribution in [0.4, 0.5) is 0 Å². The van der Waals surface area contributed by atoms with E-state index in [1.54, 1.807) is 6.20 Å². The monoisotopic (exact) mass is 418 g/mol. The van der Waals surface area contributed by atoms with Gasteiger partial charge in [-0.1, -0.05) is 15.9 Å². The highest BCUT2D eigenvalue weighted by atomic mass is 79.9. The number of aromatic nitrogens is 2. The van der Waals surface area contributed by atoms with Crippen molar-refractivity contribution >= 4 is 39.3 Å². The van der Waals surface area contributed by atoms with Crippen LogP contribution in [-0.4, -0.2) is 21.1 Å². The van der Waals surface area contributed by atoms with Crippen LogP contribution in [0.1, 0.15) is 11.3 Å². The number of benzene rings is 1. The lowest BCUT2D eigenvalue weighted by atomic mass is 10.3. The average molecular weight is 419 g/mol. The number of aryl methyl sites for hydroxylation is 1. The Bertz CT molecular complexity index is 970. The SMILES string of the molecule is Cc1ccn2c(=O)cc(COC(=O)CSc3ccc(Br)cc3)nc2c1. The Morgan fingerprint density at radius 1 is 1.24 bits per heavy atom. The van der Waals surface area contributed by atoms with Gasteiger partial charge in [0.15, 0.2) is 0 Å². The molecule has 128 valence electrons. The van der Waals surface area contributed by atoms with Crippen molar-refractivity contribution in [3.05, 3.63) is 74.7 Å². The van der Waals surface area contributed by atoms with Crippen LogP contribution in [-0.2, 0) is 16.1 Å². The van der Waals surface area contributed by atoms with Crippen LogP contribution in [0.15, 0.2) is 62.8 Å². The third kappa shape index (κ3) is 4.70. The third-order valence-electron chi connectivity index (χ3n) is 3.43. The minimum Gasteiger partial charge on any atom is -0.459 e. The highest BCUT2D eigenvalue weighted by Gasteiger charge is 2.08. The summed E-state index contributed by atoms with van der Waals surface area (Å²) in [7, 11) is 0. The van der Waals surface area contributed by atoms with Gasteiger partial charge in [-0.25, -0.2) is 4.98 Å². The van der Waals surface area contributed by atoms with Gasteiger partial charge in [-0.05, 0) is 48.9 Å². The number of pyridine rings is 1. The lowest BCUT2D eigenvalue weighted by molar-refractivity contribution is -0.141. The van der Waals surface area contributed by atoms with Gasteiger partial charge in [0.25, 0.3) is 5.56 Å². The summed E-state index contributed by atoms with van der Waals surface area (Å²) in [6.45, 7) is 1.91. The predicted molar refractivity (Wildman–Crippen MR) is 101 cm³/mol. The van der Waals surface area contributed by atoms with E-state index in [0.29, 0.717) is 11.3 Å². The molecule has 0 aliphatic carbocycles. The minimum atomic E-state index is -0.348. The van der Waals surface area contributed by atoms with Gasteiger partial charge in [-0.2, -0.15) is 0 Å². The second-order valence-electron chi connectivity index (χ2n) is 5.42. The summed E-state index contributed by atoms with van der Waals surface area (Å²) < 4.78 is 7.68. The second-order valence-corrected chi connectivity index (χ2v) is 7.39. The molecule has 0 N–H and O–H groups in total. The molecule has 0 aliphatic rings. The van der Waals surface area contributed by atoms with Crippen LogP contribution in [0, 0.1) is 6.92 Å². The number of hydrogen-bond acceptors (Lipinski definition) is 5. The first-order chi connectivity index (χ1) is 12.0. The average Bonchev–Trinajstić information content (AvgIpc) is 2.59. The minimum absolute atomic E-state index is 0.0145. The first-order valence-electron chi connectivity index (χ1n) is 7.54. The molecule has 0 unspecified atom stereocenters. The number of rotatable bonds is 5. The summed E-state index contributed by atoms with van der Waals surface area (Å²) in [4.78, 5) is 29.3. The first-order valence-corrected chi connectivity index (χ1v) is 9.32. The maximum absolute atomic E-state index is 12.1. The molecule has 3 aromatic rings. The van der Waals surface area contributed by atoms with Crippen molar-refractivity contribution in [3.63, 3.8) is 0 Å². The topological polar surface area (TPSA) is 60.7 Å². The number of carbonyl (C=O) groups excluding carboxylic acids is 1. The molecule has 2 aromatic heterocycles. The van der Waals surface area contributed by atoms with Crippen LogP contribution >= 0.6 is 27.7 Å². The zero-order valence-corrected chi connectivity index (χ0v) is 15.8. The molecule has 5 nitrogen and oxygen atoms in total. The van der Waals surface area contributed by atoms with Crippen molar-refractivity contribution in [2.24, 2.45) is 0 Å². The number of thioether (sulfide) groups is 1. The van der Waals surface area contributed by atoms with Crippen molar-refractivity contribution in [1.29, 1.82) is 0 Å². The summed E-state index contributed by atoms with van der Waals surface area (Å²) in [5, 5.41) is 0. The largest absolute Gasteiger partial charge is 0.459 e. The Balaban J connectivity index is 1.61. The fraction of sp³-hybridized carbons (Fsp3) is 0.167. The summed E-state index contributed by atoms with van der Waals surface area (Å²) in [6.07, 6.45) is 1.69. The Hall–Kier alpha value is -2.12. The molecule has 1 aromatic carbocycles. The lowest BCUT2D eigenvalue weighted by Crippen LogP contribution is -2.17. The van der Waals surface area contributed by atoms with Gasteiger partial charge in [0.05, 0.1) is 11.4 Å². The Labute approximate surface area is 157 Å². The number of hydrogen-bond donors (Lipinski definition) is 0. The molecule has 0 fully saturated rings. The van der Waals surface area contributed by atoms with E-state index >= 15 is 0 Å². The van der Waals surface area contributed by atoms with E-state index in [4.69, 9.17) is 4.74 Å². The number of fused-ring (bicyclic) bond motifs is 1. The molecule has 7 heteroatoms. The van der Waals surface area contributed by atoms with Crippen molar-refractivity contribution in [3.8, 4) is 0 Å². The van der Waals surface area contributed by atoms with Crippen molar-refractivity contribution in [2.75, 3.05) is 5.75 Å².